The van der Waals surface area contributed by atoms with Crippen molar-refractivity contribution in [1.82, 2.24) is 20.1 Å². The molecule has 0 bridgehead atoms. The molecule has 24 heavy (non-hydrogen) atoms. The number of hydrogen-bond acceptors (Lipinski definition) is 3. The largest absolute Gasteiger partial charge is 0.401 e. The van der Waals surface area contributed by atoms with Crippen LogP contribution in [0.5, 0.6) is 0 Å². The minimum absolute atomic E-state index is 0.0864. The lowest BCUT2D eigenvalue weighted by atomic mass is 10.1. The van der Waals surface area contributed by atoms with Crippen molar-refractivity contribution in [3.05, 3.63) is 33.2 Å². The zero-order chi connectivity index (χ0) is 17.9. The van der Waals surface area contributed by atoms with Crippen LogP contribution >= 0.6 is 0 Å². The standard InChI is InChI=1S/C15H21F3N4O2/c1-10-7-11(2)20-13(23)12(10)8-19-14(24)22-5-3-21(4-6-22)9-15(16,17)18/h7H,3-6,8-9H2,1-2H3,(H,19,24)(H,20,23). The fourth-order valence-corrected chi connectivity index (χ4v) is 2.74. The number of aromatic amines is 1. The van der Waals surface area contributed by atoms with Gasteiger partial charge in [0.25, 0.3) is 5.56 Å². The monoisotopic (exact) mass is 346 g/mol. The van der Waals surface area contributed by atoms with E-state index in [9.17, 15) is 22.8 Å². The van der Waals surface area contributed by atoms with Gasteiger partial charge < -0.3 is 15.2 Å². The van der Waals surface area contributed by atoms with E-state index in [2.05, 4.69) is 10.3 Å². The van der Waals surface area contributed by atoms with E-state index in [0.717, 1.165) is 11.3 Å². The van der Waals surface area contributed by atoms with Gasteiger partial charge in [0.1, 0.15) is 0 Å². The highest BCUT2D eigenvalue weighted by molar-refractivity contribution is 5.74. The van der Waals surface area contributed by atoms with E-state index in [1.54, 1.807) is 13.8 Å². The van der Waals surface area contributed by atoms with Crippen molar-refractivity contribution in [3.8, 4) is 0 Å². The van der Waals surface area contributed by atoms with Crippen molar-refractivity contribution < 1.29 is 18.0 Å². The summed E-state index contributed by atoms with van der Waals surface area (Å²) in [5, 5.41) is 2.66. The smallest absolute Gasteiger partial charge is 0.334 e. The second kappa shape index (κ2) is 7.25. The Kier molecular flexibility index (Phi) is 5.53. The Morgan fingerprint density at radius 1 is 1.25 bits per heavy atom. The Balaban J connectivity index is 1.86. The third-order valence-corrected chi connectivity index (χ3v) is 3.97. The van der Waals surface area contributed by atoms with Gasteiger partial charge in [0.15, 0.2) is 0 Å². The van der Waals surface area contributed by atoms with Crippen LogP contribution in [-0.4, -0.2) is 59.7 Å². The highest BCUT2D eigenvalue weighted by Gasteiger charge is 2.32. The first-order valence-electron chi connectivity index (χ1n) is 7.67. The number of piperazine rings is 1. The van der Waals surface area contributed by atoms with Crippen LogP contribution in [0.15, 0.2) is 10.9 Å². The molecule has 1 aromatic rings. The summed E-state index contributed by atoms with van der Waals surface area (Å²) >= 11 is 0. The van der Waals surface area contributed by atoms with Crippen LogP contribution in [0.2, 0.25) is 0 Å². The Morgan fingerprint density at radius 2 is 1.88 bits per heavy atom. The highest BCUT2D eigenvalue weighted by Crippen LogP contribution is 2.17. The van der Waals surface area contributed by atoms with Gasteiger partial charge in [-0.15, -0.1) is 0 Å². The van der Waals surface area contributed by atoms with E-state index >= 15 is 0 Å². The Morgan fingerprint density at radius 3 is 2.42 bits per heavy atom. The zero-order valence-electron chi connectivity index (χ0n) is 13.7. The number of halogens is 3. The molecule has 1 aliphatic heterocycles. The number of pyridine rings is 1. The maximum atomic E-state index is 12.3. The topological polar surface area (TPSA) is 68.4 Å². The summed E-state index contributed by atoms with van der Waals surface area (Å²) in [5.41, 5.74) is 1.76. The van der Waals surface area contributed by atoms with Gasteiger partial charge in [-0.1, -0.05) is 0 Å². The minimum atomic E-state index is -4.23. The molecule has 0 atom stereocenters. The van der Waals surface area contributed by atoms with Crippen molar-refractivity contribution in [2.24, 2.45) is 0 Å². The quantitative estimate of drug-likeness (QED) is 0.869. The average Bonchev–Trinajstić information content (AvgIpc) is 2.45. The van der Waals surface area contributed by atoms with E-state index in [1.165, 1.54) is 9.80 Å². The van der Waals surface area contributed by atoms with Crippen molar-refractivity contribution >= 4 is 6.03 Å². The van der Waals surface area contributed by atoms with Gasteiger partial charge in [-0.3, -0.25) is 9.69 Å². The lowest BCUT2D eigenvalue weighted by Gasteiger charge is -2.34. The van der Waals surface area contributed by atoms with E-state index < -0.39 is 12.7 Å². The Bertz CT molecular complexity index is 649. The summed E-state index contributed by atoms with van der Waals surface area (Å²) < 4.78 is 37.0. The number of aryl methyl sites for hydroxylation is 2. The molecular formula is C15H21F3N4O2. The number of nitrogens with one attached hydrogen (secondary N) is 2. The fourth-order valence-electron chi connectivity index (χ4n) is 2.74. The number of carbonyl (C=O) groups excluding carboxylic acids is 1. The molecule has 1 aliphatic rings. The normalized spacial score (nSPS) is 16.3. The van der Waals surface area contributed by atoms with Crippen LogP contribution in [0.3, 0.4) is 0 Å². The number of aromatic nitrogens is 1. The summed E-state index contributed by atoms with van der Waals surface area (Å²) in [6.07, 6.45) is -4.23. The second-order valence-corrected chi connectivity index (χ2v) is 5.98. The first-order valence-corrected chi connectivity index (χ1v) is 7.67. The Hall–Kier alpha value is -2.03. The molecule has 2 heterocycles. The highest BCUT2D eigenvalue weighted by atomic mass is 19.4. The molecule has 0 aliphatic carbocycles. The van der Waals surface area contributed by atoms with E-state index in [4.69, 9.17) is 0 Å². The predicted molar refractivity (Wildman–Crippen MR) is 82.8 cm³/mol. The van der Waals surface area contributed by atoms with Gasteiger partial charge in [-0.2, -0.15) is 13.2 Å². The van der Waals surface area contributed by atoms with E-state index in [0.29, 0.717) is 5.56 Å². The molecule has 6 nitrogen and oxygen atoms in total. The Labute approximate surface area is 137 Å². The van der Waals surface area contributed by atoms with Crippen molar-refractivity contribution in [3.63, 3.8) is 0 Å². The number of amides is 2. The summed E-state index contributed by atoms with van der Waals surface area (Å²) in [4.78, 5) is 29.4. The molecule has 9 heteroatoms. The maximum Gasteiger partial charge on any atom is 0.401 e. The summed E-state index contributed by atoms with van der Waals surface area (Å²) in [6.45, 7) is 3.50. The number of rotatable bonds is 3. The predicted octanol–water partition coefficient (Wildman–Crippen LogP) is 1.38. The molecule has 1 saturated heterocycles. The number of urea groups is 1. The van der Waals surface area contributed by atoms with Crippen LogP contribution < -0.4 is 10.9 Å². The summed E-state index contributed by atoms with van der Waals surface area (Å²) in [5.74, 6) is 0. The molecule has 0 radical (unpaired) electrons. The number of carbonyl (C=O) groups is 1. The lowest BCUT2D eigenvalue weighted by molar-refractivity contribution is -0.148. The number of H-pyrrole nitrogens is 1. The molecular weight excluding hydrogens is 325 g/mol. The van der Waals surface area contributed by atoms with Crippen LogP contribution in [0, 0.1) is 13.8 Å². The van der Waals surface area contributed by atoms with Crippen LogP contribution in [0.25, 0.3) is 0 Å². The van der Waals surface area contributed by atoms with Gasteiger partial charge in [0.2, 0.25) is 0 Å². The second-order valence-electron chi connectivity index (χ2n) is 5.98. The van der Waals surface area contributed by atoms with Gasteiger partial charge in [0.05, 0.1) is 13.1 Å². The number of nitrogens with zero attached hydrogens (tertiary/aromatic N) is 2. The van der Waals surface area contributed by atoms with Crippen molar-refractivity contribution in [1.29, 1.82) is 0 Å². The SMILES string of the molecule is Cc1cc(C)c(CNC(=O)N2CCN(CC(F)(F)F)CC2)c(=O)[nH]1. The zero-order valence-corrected chi connectivity index (χ0v) is 13.7. The van der Waals surface area contributed by atoms with Crippen molar-refractivity contribution in [2.45, 2.75) is 26.6 Å². The van der Waals surface area contributed by atoms with E-state index in [-0.39, 0.29) is 44.3 Å². The van der Waals surface area contributed by atoms with Gasteiger partial charge in [-0.05, 0) is 25.5 Å². The molecule has 2 amide bonds. The van der Waals surface area contributed by atoms with Crippen LogP contribution in [-0.2, 0) is 6.54 Å². The fraction of sp³-hybridized carbons (Fsp3) is 0.600. The third-order valence-electron chi connectivity index (χ3n) is 3.97. The molecule has 1 aromatic heterocycles. The van der Waals surface area contributed by atoms with Gasteiger partial charge in [0, 0.05) is 37.4 Å². The minimum Gasteiger partial charge on any atom is -0.334 e. The molecule has 2 rings (SSSR count). The summed E-state index contributed by atoms with van der Waals surface area (Å²) in [7, 11) is 0. The number of hydrogen-bond donors (Lipinski definition) is 2. The summed E-state index contributed by atoms with van der Waals surface area (Å²) in [6, 6.07) is 1.44. The molecule has 1 fully saturated rings. The maximum absolute atomic E-state index is 12.3. The molecule has 2 N–H and O–H groups in total. The first kappa shape index (κ1) is 18.3. The van der Waals surface area contributed by atoms with E-state index in [1.807, 2.05) is 6.07 Å². The van der Waals surface area contributed by atoms with Gasteiger partial charge >= 0.3 is 12.2 Å². The first-order chi connectivity index (χ1) is 11.2. The molecule has 0 spiro atoms. The lowest BCUT2D eigenvalue weighted by Crippen LogP contribution is -2.53. The van der Waals surface area contributed by atoms with Gasteiger partial charge in [-0.25, -0.2) is 4.79 Å². The van der Waals surface area contributed by atoms with Crippen molar-refractivity contribution in [2.75, 3.05) is 32.7 Å². The van der Waals surface area contributed by atoms with Crippen LogP contribution in [0.1, 0.15) is 16.8 Å². The molecule has 0 unspecified atom stereocenters. The third kappa shape index (κ3) is 4.98. The molecule has 134 valence electrons. The molecule has 0 saturated carbocycles. The molecule has 0 aromatic carbocycles. The average molecular weight is 346 g/mol. The van der Waals surface area contributed by atoms with Crippen LogP contribution in [0.4, 0.5) is 18.0 Å². The number of alkyl halides is 3.